The van der Waals surface area contributed by atoms with Crippen LogP contribution in [0.4, 0.5) is 8.78 Å². The van der Waals surface area contributed by atoms with Gasteiger partial charge in [0.05, 0.1) is 23.0 Å². The van der Waals surface area contributed by atoms with E-state index in [9.17, 15) is 18.7 Å². The average Bonchev–Trinajstić information content (AvgIpc) is 3.23. The molecule has 36 heavy (non-hydrogen) atoms. The summed E-state index contributed by atoms with van der Waals surface area (Å²) >= 11 is 6.14. The monoisotopic (exact) mass is 515 g/mol. The summed E-state index contributed by atoms with van der Waals surface area (Å²) in [5.41, 5.74) is 1.87. The normalized spacial score (nSPS) is 22.1. The largest absolute Gasteiger partial charge is 0.481 e. The maximum atomic E-state index is 14.5. The van der Waals surface area contributed by atoms with Crippen molar-refractivity contribution in [3.63, 3.8) is 0 Å². The van der Waals surface area contributed by atoms with Gasteiger partial charge in [-0.1, -0.05) is 30.9 Å². The van der Waals surface area contributed by atoms with Gasteiger partial charge >= 0.3 is 5.97 Å². The van der Waals surface area contributed by atoms with Gasteiger partial charge in [0.2, 0.25) is 0 Å². The Morgan fingerprint density at radius 2 is 1.69 bits per heavy atom. The number of nitrogens with one attached hydrogen (secondary N) is 1. The van der Waals surface area contributed by atoms with E-state index in [0.29, 0.717) is 47.2 Å². The van der Waals surface area contributed by atoms with E-state index in [-0.39, 0.29) is 18.0 Å². The number of halogens is 3. The molecule has 0 bridgehead atoms. The number of hydrogen-bond donors (Lipinski definition) is 2. The zero-order valence-corrected chi connectivity index (χ0v) is 21.0. The SMILES string of the molecule is O=C(O)C1CCC(NCC(C2CCCCC2)n2c(-c3ccc(Cl)cc3)nc3cc(F)c(F)cc32)CC1. The number of aromatic nitrogens is 2. The number of carboxylic acids is 1. The molecule has 0 radical (unpaired) electrons. The predicted octanol–water partition coefficient (Wildman–Crippen LogP) is 6.99. The molecule has 2 fully saturated rings. The lowest BCUT2D eigenvalue weighted by Gasteiger charge is -2.35. The molecule has 5 nitrogen and oxygen atoms in total. The third-order valence-corrected chi connectivity index (χ3v) is 8.30. The van der Waals surface area contributed by atoms with E-state index < -0.39 is 17.6 Å². The third kappa shape index (κ3) is 5.28. The fourth-order valence-electron chi connectivity index (χ4n) is 6.05. The van der Waals surface area contributed by atoms with Crippen LogP contribution in [0.1, 0.15) is 63.8 Å². The maximum Gasteiger partial charge on any atom is 0.306 e. The molecule has 1 unspecified atom stereocenters. The van der Waals surface area contributed by atoms with E-state index in [0.717, 1.165) is 44.1 Å². The van der Waals surface area contributed by atoms with Crippen molar-refractivity contribution in [3.05, 3.63) is 53.1 Å². The Morgan fingerprint density at radius 1 is 1.03 bits per heavy atom. The summed E-state index contributed by atoms with van der Waals surface area (Å²) in [6.45, 7) is 0.665. The lowest BCUT2D eigenvalue weighted by molar-refractivity contribution is -0.142. The molecule has 2 aromatic carbocycles. The Bertz CT molecular complexity index is 1220. The summed E-state index contributed by atoms with van der Waals surface area (Å²) < 4.78 is 30.8. The van der Waals surface area contributed by atoms with Crippen LogP contribution in [0, 0.1) is 23.5 Å². The summed E-state index contributed by atoms with van der Waals surface area (Å²) in [5, 5.41) is 13.7. The van der Waals surface area contributed by atoms with E-state index in [4.69, 9.17) is 16.6 Å². The van der Waals surface area contributed by atoms with Crippen molar-refractivity contribution < 1.29 is 18.7 Å². The number of carbonyl (C=O) groups is 1. The second kappa shape index (κ2) is 10.9. The number of imidazole rings is 1. The molecule has 1 aromatic heterocycles. The van der Waals surface area contributed by atoms with Crippen LogP contribution in [-0.2, 0) is 4.79 Å². The van der Waals surface area contributed by atoms with Gasteiger partial charge in [-0.3, -0.25) is 4.79 Å². The molecule has 2 aliphatic carbocycles. The number of nitrogens with zero attached hydrogens (tertiary/aromatic N) is 2. The quantitative estimate of drug-likeness (QED) is 0.356. The molecule has 192 valence electrons. The Kier molecular flexibility index (Phi) is 7.58. The van der Waals surface area contributed by atoms with Crippen molar-refractivity contribution in [2.75, 3.05) is 6.54 Å². The number of benzene rings is 2. The minimum absolute atomic E-state index is 0.00281. The van der Waals surface area contributed by atoms with Gasteiger partial charge in [0.1, 0.15) is 5.82 Å². The summed E-state index contributed by atoms with van der Waals surface area (Å²) in [7, 11) is 0. The van der Waals surface area contributed by atoms with Gasteiger partial charge < -0.3 is 15.0 Å². The molecule has 2 saturated carbocycles. The molecule has 0 amide bonds. The van der Waals surface area contributed by atoms with Crippen molar-refractivity contribution in [1.82, 2.24) is 14.9 Å². The van der Waals surface area contributed by atoms with Crippen LogP contribution in [0.3, 0.4) is 0 Å². The highest BCUT2D eigenvalue weighted by atomic mass is 35.5. The van der Waals surface area contributed by atoms with Gasteiger partial charge in [0, 0.05) is 35.3 Å². The first-order chi connectivity index (χ1) is 17.4. The summed E-state index contributed by atoms with van der Waals surface area (Å²) in [5.74, 6) is -1.70. The first-order valence-corrected chi connectivity index (χ1v) is 13.4. The van der Waals surface area contributed by atoms with Crippen LogP contribution in [0.2, 0.25) is 5.02 Å². The van der Waals surface area contributed by atoms with Crippen LogP contribution >= 0.6 is 11.6 Å². The number of aliphatic carboxylic acids is 1. The first kappa shape index (κ1) is 25.2. The van der Waals surface area contributed by atoms with Crippen molar-refractivity contribution in [2.45, 2.75) is 69.9 Å². The fraction of sp³-hybridized carbons (Fsp3) is 0.500. The molecule has 8 heteroatoms. The molecule has 0 aliphatic heterocycles. The molecule has 1 heterocycles. The van der Waals surface area contributed by atoms with Gasteiger partial charge in [-0.05, 0) is 68.7 Å². The minimum Gasteiger partial charge on any atom is -0.481 e. The molecule has 2 N–H and O–H groups in total. The highest BCUT2D eigenvalue weighted by Gasteiger charge is 2.31. The van der Waals surface area contributed by atoms with E-state index in [1.807, 2.05) is 12.1 Å². The van der Waals surface area contributed by atoms with Crippen LogP contribution in [-0.4, -0.2) is 33.2 Å². The molecule has 5 rings (SSSR count). The smallest absolute Gasteiger partial charge is 0.306 e. The number of carboxylic acid groups (broad SMARTS) is 1. The van der Waals surface area contributed by atoms with Gasteiger partial charge in [0.25, 0.3) is 0 Å². The van der Waals surface area contributed by atoms with Gasteiger partial charge in [-0.2, -0.15) is 0 Å². The highest BCUT2D eigenvalue weighted by Crippen LogP contribution is 2.39. The Morgan fingerprint density at radius 3 is 2.36 bits per heavy atom. The Hall–Kier alpha value is -2.51. The number of fused-ring (bicyclic) bond motifs is 1. The van der Waals surface area contributed by atoms with Crippen molar-refractivity contribution >= 4 is 28.6 Å². The van der Waals surface area contributed by atoms with Crippen LogP contribution in [0.25, 0.3) is 22.4 Å². The Balaban J connectivity index is 1.52. The zero-order valence-electron chi connectivity index (χ0n) is 20.2. The molecule has 0 saturated heterocycles. The average molecular weight is 516 g/mol. The molecule has 3 aromatic rings. The number of rotatable bonds is 7. The summed E-state index contributed by atoms with van der Waals surface area (Å²) in [4.78, 5) is 16.1. The maximum absolute atomic E-state index is 14.5. The fourth-order valence-corrected chi connectivity index (χ4v) is 6.17. The van der Waals surface area contributed by atoms with Crippen LogP contribution in [0.15, 0.2) is 36.4 Å². The number of hydrogen-bond acceptors (Lipinski definition) is 3. The van der Waals surface area contributed by atoms with Crippen molar-refractivity contribution in [1.29, 1.82) is 0 Å². The van der Waals surface area contributed by atoms with Crippen molar-refractivity contribution in [2.24, 2.45) is 11.8 Å². The minimum atomic E-state index is -0.905. The van der Waals surface area contributed by atoms with Crippen LogP contribution in [0.5, 0.6) is 0 Å². The summed E-state index contributed by atoms with van der Waals surface area (Å²) in [6.07, 6.45) is 8.65. The lowest BCUT2D eigenvalue weighted by atomic mass is 9.82. The molecule has 1 atom stereocenters. The van der Waals surface area contributed by atoms with Crippen molar-refractivity contribution in [3.8, 4) is 11.4 Å². The van der Waals surface area contributed by atoms with E-state index in [1.165, 1.54) is 18.6 Å². The topological polar surface area (TPSA) is 67.2 Å². The predicted molar refractivity (Wildman–Crippen MR) is 137 cm³/mol. The lowest BCUT2D eigenvalue weighted by Crippen LogP contribution is -2.40. The third-order valence-electron chi connectivity index (χ3n) is 8.05. The van der Waals surface area contributed by atoms with E-state index in [1.54, 1.807) is 12.1 Å². The van der Waals surface area contributed by atoms with E-state index >= 15 is 0 Å². The highest BCUT2D eigenvalue weighted by molar-refractivity contribution is 6.30. The second-order valence-corrected chi connectivity index (χ2v) is 10.8. The van der Waals surface area contributed by atoms with Gasteiger partial charge in [-0.15, -0.1) is 0 Å². The van der Waals surface area contributed by atoms with Gasteiger partial charge in [-0.25, -0.2) is 13.8 Å². The molecule has 2 aliphatic rings. The standard InChI is InChI=1S/C28H32ClF2N3O2/c29-20-10-6-18(7-11-20)27-33-24-14-22(30)23(31)15-25(24)34(27)26(17-4-2-1-3-5-17)16-32-21-12-8-19(9-13-21)28(35)36/h6-7,10-11,14-15,17,19,21,26,32H,1-5,8-9,12-13,16H2,(H,35,36). The van der Waals surface area contributed by atoms with Gasteiger partial charge in [0.15, 0.2) is 11.6 Å². The van der Waals surface area contributed by atoms with E-state index in [2.05, 4.69) is 9.88 Å². The second-order valence-electron chi connectivity index (χ2n) is 10.3. The molecular formula is C28H32ClF2N3O2. The Labute approximate surface area is 214 Å². The molecule has 0 spiro atoms. The zero-order chi connectivity index (χ0) is 25.2. The molecular weight excluding hydrogens is 484 g/mol. The first-order valence-electron chi connectivity index (χ1n) is 13.0. The van der Waals surface area contributed by atoms with Crippen LogP contribution < -0.4 is 5.32 Å². The summed E-state index contributed by atoms with van der Waals surface area (Å²) in [6, 6.07) is 10.1.